The van der Waals surface area contributed by atoms with Gasteiger partial charge in [-0.3, -0.25) is 4.79 Å². The van der Waals surface area contributed by atoms with Gasteiger partial charge in [-0.1, -0.05) is 33.1 Å². The van der Waals surface area contributed by atoms with E-state index in [0.717, 1.165) is 25.2 Å². The first kappa shape index (κ1) is 13.4. The fourth-order valence-electron chi connectivity index (χ4n) is 1.30. The highest BCUT2D eigenvalue weighted by Crippen LogP contribution is 2.09. The lowest BCUT2D eigenvalue weighted by Crippen LogP contribution is -2.30. The Morgan fingerprint density at radius 1 is 1.29 bits per heavy atom. The zero-order valence-electron chi connectivity index (χ0n) is 9.55. The van der Waals surface area contributed by atoms with E-state index in [1.54, 1.807) is 0 Å². The van der Waals surface area contributed by atoms with Crippen molar-refractivity contribution < 1.29 is 9.90 Å². The summed E-state index contributed by atoms with van der Waals surface area (Å²) in [6, 6.07) is 0. The van der Waals surface area contributed by atoms with Crippen LogP contribution in [0.2, 0.25) is 0 Å². The van der Waals surface area contributed by atoms with Crippen molar-refractivity contribution in [1.82, 2.24) is 5.32 Å². The summed E-state index contributed by atoms with van der Waals surface area (Å²) in [7, 11) is 0. The Bertz CT molecular complexity index is 157. The van der Waals surface area contributed by atoms with Crippen LogP contribution in [0.1, 0.15) is 46.5 Å². The van der Waals surface area contributed by atoms with Crippen LogP contribution in [0, 0.1) is 5.92 Å². The minimum atomic E-state index is -0.383. The number of rotatable bonds is 7. The normalized spacial score (nSPS) is 12.9. The Morgan fingerprint density at radius 2 is 1.86 bits per heavy atom. The Balaban J connectivity index is 3.26. The molecule has 0 heterocycles. The summed E-state index contributed by atoms with van der Waals surface area (Å²) in [5, 5.41) is 12.1. The van der Waals surface area contributed by atoms with Crippen molar-refractivity contribution in [2.24, 2.45) is 5.92 Å². The van der Waals surface area contributed by atoms with Crippen molar-refractivity contribution in [3.63, 3.8) is 0 Å². The number of carbonyl (C=O) groups is 1. The third-order valence-electron chi connectivity index (χ3n) is 2.16. The number of hydrogen-bond donors (Lipinski definition) is 2. The van der Waals surface area contributed by atoms with Crippen molar-refractivity contribution in [2.75, 3.05) is 6.54 Å². The van der Waals surface area contributed by atoms with Gasteiger partial charge in [-0.2, -0.15) is 0 Å². The predicted octanol–water partition coefficient (Wildman–Crippen LogP) is 1.70. The smallest absolute Gasteiger partial charge is 0.216 e. The molecule has 0 aromatic heterocycles. The average Bonchev–Trinajstić information content (AvgIpc) is 2.08. The van der Waals surface area contributed by atoms with Crippen LogP contribution in [0.4, 0.5) is 0 Å². The Kier molecular flexibility index (Phi) is 7.48. The van der Waals surface area contributed by atoms with Gasteiger partial charge in [0.05, 0.1) is 6.10 Å². The van der Waals surface area contributed by atoms with Crippen molar-refractivity contribution in [3.8, 4) is 0 Å². The lowest BCUT2D eigenvalue weighted by Gasteiger charge is -2.11. The molecule has 0 saturated heterocycles. The van der Waals surface area contributed by atoms with Crippen LogP contribution in [0.5, 0.6) is 0 Å². The Hall–Kier alpha value is -0.570. The monoisotopic (exact) mass is 201 g/mol. The maximum absolute atomic E-state index is 10.5. The molecule has 1 amide bonds. The van der Waals surface area contributed by atoms with E-state index >= 15 is 0 Å². The van der Waals surface area contributed by atoms with Crippen LogP contribution in [-0.2, 0) is 4.79 Å². The fourth-order valence-corrected chi connectivity index (χ4v) is 1.30. The molecular formula is C11H23NO2. The number of amides is 1. The van der Waals surface area contributed by atoms with Crippen LogP contribution >= 0.6 is 0 Å². The fraction of sp³-hybridized carbons (Fsp3) is 0.909. The number of nitrogens with one attached hydrogen (secondary N) is 1. The standard InChI is InChI=1S/C11H23NO2/c1-9(2)6-4-5-7-11(14)8-12-10(3)13/h9,11,14H,4-8H2,1-3H3,(H,12,13). The van der Waals surface area contributed by atoms with Gasteiger partial charge in [-0.15, -0.1) is 0 Å². The van der Waals surface area contributed by atoms with Gasteiger partial charge in [-0.25, -0.2) is 0 Å². The molecule has 0 rings (SSSR count). The van der Waals surface area contributed by atoms with Crippen LogP contribution in [0.3, 0.4) is 0 Å². The summed E-state index contributed by atoms with van der Waals surface area (Å²) in [6.07, 6.45) is 3.82. The SMILES string of the molecule is CC(=O)NCC(O)CCCCC(C)C. The van der Waals surface area contributed by atoms with E-state index in [9.17, 15) is 9.90 Å². The summed E-state index contributed by atoms with van der Waals surface area (Å²) in [4.78, 5) is 10.5. The number of carbonyl (C=O) groups excluding carboxylic acids is 1. The topological polar surface area (TPSA) is 49.3 Å². The van der Waals surface area contributed by atoms with Gasteiger partial charge in [-0.05, 0) is 12.3 Å². The largest absolute Gasteiger partial charge is 0.391 e. The second-order valence-corrected chi connectivity index (χ2v) is 4.27. The summed E-state index contributed by atoms with van der Waals surface area (Å²) in [5.41, 5.74) is 0. The van der Waals surface area contributed by atoms with Gasteiger partial charge in [0.1, 0.15) is 0 Å². The number of hydrogen-bond acceptors (Lipinski definition) is 2. The highest BCUT2D eigenvalue weighted by molar-refractivity contribution is 5.72. The average molecular weight is 201 g/mol. The van der Waals surface area contributed by atoms with Gasteiger partial charge >= 0.3 is 0 Å². The molecule has 0 aromatic carbocycles. The van der Waals surface area contributed by atoms with Crippen LogP contribution in [0.15, 0.2) is 0 Å². The third kappa shape index (κ3) is 9.52. The zero-order chi connectivity index (χ0) is 11.0. The molecule has 0 aliphatic heterocycles. The molecule has 2 N–H and O–H groups in total. The van der Waals surface area contributed by atoms with Crippen molar-refractivity contribution in [2.45, 2.75) is 52.6 Å². The molecule has 1 atom stereocenters. The van der Waals surface area contributed by atoms with E-state index in [4.69, 9.17) is 0 Å². The first-order chi connectivity index (χ1) is 6.52. The first-order valence-corrected chi connectivity index (χ1v) is 5.45. The van der Waals surface area contributed by atoms with Crippen LogP contribution in [-0.4, -0.2) is 23.7 Å². The molecule has 0 bridgehead atoms. The van der Waals surface area contributed by atoms with E-state index in [0.29, 0.717) is 6.54 Å². The lowest BCUT2D eigenvalue weighted by atomic mass is 10.0. The number of unbranched alkanes of at least 4 members (excludes halogenated alkanes) is 1. The van der Waals surface area contributed by atoms with E-state index in [-0.39, 0.29) is 12.0 Å². The molecule has 0 aromatic rings. The minimum absolute atomic E-state index is 0.0776. The van der Waals surface area contributed by atoms with Gasteiger partial charge < -0.3 is 10.4 Å². The second kappa shape index (κ2) is 7.80. The maximum atomic E-state index is 10.5. The van der Waals surface area contributed by atoms with E-state index < -0.39 is 0 Å². The second-order valence-electron chi connectivity index (χ2n) is 4.27. The highest BCUT2D eigenvalue weighted by atomic mass is 16.3. The molecular weight excluding hydrogens is 178 g/mol. The van der Waals surface area contributed by atoms with E-state index in [2.05, 4.69) is 19.2 Å². The molecule has 0 spiro atoms. The molecule has 0 aliphatic carbocycles. The maximum Gasteiger partial charge on any atom is 0.216 e. The Labute approximate surface area is 86.9 Å². The Morgan fingerprint density at radius 3 is 2.36 bits per heavy atom. The molecule has 3 nitrogen and oxygen atoms in total. The third-order valence-corrected chi connectivity index (χ3v) is 2.16. The van der Waals surface area contributed by atoms with E-state index in [1.165, 1.54) is 13.3 Å². The number of aliphatic hydroxyl groups is 1. The van der Waals surface area contributed by atoms with Gasteiger partial charge in [0.15, 0.2) is 0 Å². The quantitative estimate of drug-likeness (QED) is 0.616. The highest BCUT2D eigenvalue weighted by Gasteiger charge is 2.04. The molecule has 0 fully saturated rings. The van der Waals surface area contributed by atoms with Crippen LogP contribution < -0.4 is 5.32 Å². The molecule has 14 heavy (non-hydrogen) atoms. The summed E-state index contributed by atoms with van der Waals surface area (Å²) in [5.74, 6) is 0.661. The van der Waals surface area contributed by atoms with Gasteiger partial charge in [0.25, 0.3) is 0 Å². The van der Waals surface area contributed by atoms with Gasteiger partial charge in [0, 0.05) is 13.5 Å². The zero-order valence-corrected chi connectivity index (χ0v) is 9.55. The summed E-state index contributed by atoms with van der Waals surface area (Å²) >= 11 is 0. The van der Waals surface area contributed by atoms with Crippen molar-refractivity contribution >= 4 is 5.91 Å². The van der Waals surface area contributed by atoms with E-state index in [1.807, 2.05) is 0 Å². The van der Waals surface area contributed by atoms with Crippen molar-refractivity contribution in [3.05, 3.63) is 0 Å². The van der Waals surface area contributed by atoms with Crippen molar-refractivity contribution in [1.29, 1.82) is 0 Å². The number of aliphatic hydroxyl groups excluding tert-OH is 1. The molecule has 1 unspecified atom stereocenters. The predicted molar refractivity (Wildman–Crippen MR) is 58.0 cm³/mol. The molecule has 0 radical (unpaired) electrons. The first-order valence-electron chi connectivity index (χ1n) is 5.45. The molecule has 84 valence electrons. The molecule has 3 heteroatoms. The minimum Gasteiger partial charge on any atom is -0.391 e. The summed E-state index contributed by atoms with van der Waals surface area (Å²) in [6.45, 7) is 6.25. The van der Waals surface area contributed by atoms with Crippen LogP contribution in [0.25, 0.3) is 0 Å². The molecule has 0 aliphatic rings. The molecule has 0 saturated carbocycles. The summed E-state index contributed by atoms with van der Waals surface area (Å²) < 4.78 is 0. The lowest BCUT2D eigenvalue weighted by molar-refractivity contribution is -0.119. The van der Waals surface area contributed by atoms with Gasteiger partial charge in [0.2, 0.25) is 5.91 Å².